The number of likely N-dealkylation sites (N-methyl/N-ethyl adjacent to an activating group) is 1. The summed E-state index contributed by atoms with van der Waals surface area (Å²) in [6, 6.07) is 9.98. The monoisotopic (exact) mass is 262 g/mol. The normalized spacial score (nSPS) is 20.2. The summed E-state index contributed by atoms with van der Waals surface area (Å²) in [6.45, 7) is 2.56. The second kappa shape index (κ2) is 6.68. The van der Waals surface area contributed by atoms with Crippen LogP contribution in [0.3, 0.4) is 0 Å². The topological polar surface area (TPSA) is 43.8 Å². The van der Waals surface area contributed by atoms with E-state index in [-0.39, 0.29) is 12.0 Å². The molecule has 1 aromatic rings. The van der Waals surface area contributed by atoms with Gasteiger partial charge in [0.05, 0.1) is 12.6 Å². The number of piperidine rings is 1. The van der Waals surface area contributed by atoms with Crippen LogP contribution in [-0.2, 0) is 11.3 Å². The van der Waals surface area contributed by atoms with E-state index in [1.165, 1.54) is 0 Å². The van der Waals surface area contributed by atoms with Gasteiger partial charge in [0.25, 0.3) is 0 Å². The van der Waals surface area contributed by atoms with Crippen molar-refractivity contribution in [3.8, 4) is 0 Å². The van der Waals surface area contributed by atoms with Crippen molar-refractivity contribution in [2.75, 3.05) is 26.7 Å². The van der Waals surface area contributed by atoms with E-state index >= 15 is 0 Å². The Hall–Kier alpha value is -1.39. The van der Waals surface area contributed by atoms with Crippen LogP contribution in [0.4, 0.5) is 0 Å². The molecule has 0 aliphatic carbocycles. The van der Waals surface area contributed by atoms with Gasteiger partial charge in [0.15, 0.2) is 0 Å². The van der Waals surface area contributed by atoms with E-state index in [4.69, 9.17) is 0 Å². The van der Waals surface area contributed by atoms with Gasteiger partial charge in [-0.1, -0.05) is 30.3 Å². The summed E-state index contributed by atoms with van der Waals surface area (Å²) < 4.78 is 0. The molecule has 0 bridgehead atoms. The standard InChI is InChI=1S/C15H22N2O2/c1-16(10-13-6-3-2-4-7-13)15(19)12-17-9-5-8-14(18)11-17/h2-4,6-7,14,18H,5,8-12H2,1H3. The van der Waals surface area contributed by atoms with Crippen molar-refractivity contribution in [3.05, 3.63) is 35.9 Å². The Morgan fingerprint density at radius 2 is 2.16 bits per heavy atom. The summed E-state index contributed by atoms with van der Waals surface area (Å²) in [4.78, 5) is 15.9. The van der Waals surface area contributed by atoms with Gasteiger partial charge in [-0.2, -0.15) is 0 Å². The summed E-state index contributed by atoms with van der Waals surface area (Å²) in [6.07, 6.45) is 1.54. The first-order valence-electron chi connectivity index (χ1n) is 6.83. The highest BCUT2D eigenvalue weighted by molar-refractivity contribution is 5.78. The summed E-state index contributed by atoms with van der Waals surface area (Å²) in [5.74, 6) is 0.109. The largest absolute Gasteiger partial charge is 0.392 e. The van der Waals surface area contributed by atoms with Crippen LogP contribution >= 0.6 is 0 Å². The van der Waals surface area contributed by atoms with Crippen LogP contribution in [0.15, 0.2) is 30.3 Å². The molecule has 1 aromatic carbocycles. The maximum atomic E-state index is 12.1. The first kappa shape index (κ1) is 14.0. The van der Waals surface area contributed by atoms with Gasteiger partial charge < -0.3 is 10.0 Å². The van der Waals surface area contributed by atoms with Gasteiger partial charge in [0.2, 0.25) is 5.91 Å². The fraction of sp³-hybridized carbons (Fsp3) is 0.533. The summed E-state index contributed by atoms with van der Waals surface area (Å²) in [5, 5.41) is 9.60. The van der Waals surface area contributed by atoms with E-state index in [0.29, 0.717) is 19.6 Å². The van der Waals surface area contributed by atoms with Gasteiger partial charge in [-0.15, -0.1) is 0 Å². The molecule has 0 aromatic heterocycles. The number of carbonyl (C=O) groups excluding carboxylic acids is 1. The van der Waals surface area contributed by atoms with Gasteiger partial charge in [0, 0.05) is 20.1 Å². The highest BCUT2D eigenvalue weighted by Crippen LogP contribution is 2.10. The lowest BCUT2D eigenvalue weighted by molar-refractivity contribution is -0.132. The van der Waals surface area contributed by atoms with Crippen molar-refractivity contribution in [3.63, 3.8) is 0 Å². The second-order valence-corrected chi connectivity index (χ2v) is 5.27. The van der Waals surface area contributed by atoms with Crippen molar-refractivity contribution in [1.82, 2.24) is 9.80 Å². The lowest BCUT2D eigenvalue weighted by atomic mass is 10.1. The third-order valence-electron chi connectivity index (χ3n) is 3.53. The molecule has 1 N–H and O–H groups in total. The summed E-state index contributed by atoms with van der Waals surface area (Å²) in [7, 11) is 1.83. The second-order valence-electron chi connectivity index (χ2n) is 5.27. The van der Waals surface area contributed by atoms with Gasteiger partial charge >= 0.3 is 0 Å². The number of hydrogen-bond donors (Lipinski definition) is 1. The van der Waals surface area contributed by atoms with E-state index in [1.54, 1.807) is 4.90 Å². The van der Waals surface area contributed by atoms with Crippen LogP contribution in [0.5, 0.6) is 0 Å². The third kappa shape index (κ3) is 4.33. The zero-order valence-electron chi connectivity index (χ0n) is 11.5. The molecule has 0 spiro atoms. The fourth-order valence-corrected chi connectivity index (χ4v) is 2.43. The molecule has 4 heteroatoms. The third-order valence-corrected chi connectivity index (χ3v) is 3.53. The SMILES string of the molecule is CN(Cc1ccccc1)C(=O)CN1CCCC(O)C1. The molecule has 1 unspecified atom stereocenters. The fourth-order valence-electron chi connectivity index (χ4n) is 2.43. The molecule has 1 heterocycles. The number of aliphatic hydroxyl groups excluding tert-OH is 1. The molecule has 0 saturated carbocycles. The molecule has 1 fully saturated rings. The number of amides is 1. The van der Waals surface area contributed by atoms with Crippen LogP contribution in [0.1, 0.15) is 18.4 Å². The first-order chi connectivity index (χ1) is 9.15. The lowest BCUT2D eigenvalue weighted by Crippen LogP contribution is -2.44. The molecular weight excluding hydrogens is 240 g/mol. The van der Waals surface area contributed by atoms with Crippen LogP contribution in [0, 0.1) is 0 Å². The minimum atomic E-state index is -0.277. The highest BCUT2D eigenvalue weighted by atomic mass is 16.3. The number of likely N-dealkylation sites (tertiary alicyclic amines) is 1. The Morgan fingerprint density at radius 1 is 1.42 bits per heavy atom. The van der Waals surface area contributed by atoms with Crippen LogP contribution < -0.4 is 0 Å². The van der Waals surface area contributed by atoms with Crippen LogP contribution in [0.2, 0.25) is 0 Å². The number of rotatable bonds is 4. The van der Waals surface area contributed by atoms with Crippen molar-refractivity contribution in [2.24, 2.45) is 0 Å². The lowest BCUT2D eigenvalue weighted by Gasteiger charge is -2.30. The predicted molar refractivity (Wildman–Crippen MR) is 74.6 cm³/mol. The number of hydrogen-bond acceptors (Lipinski definition) is 3. The van der Waals surface area contributed by atoms with Crippen LogP contribution in [-0.4, -0.2) is 53.6 Å². The summed E-state index contributed by atoms with van der Waals surface area (Å²) in [5.41, 5.74) is 1.14. The number of β-amino-alcohol motifs (C(OH)–C–C–N with tert-alkyl or cyclic N) is 1. The molecular formula is C15H22N2O2. The van der Waals surface area contributed by atoms with Crippen molar-refractivity contribution in [1.29, 1.82) is 0 Å². The zero-order chi connectivity index (χ0) is 13.7. The molecule has 1 aliphatic heterocycles. The Balaban J connectivity index is 1.82. The van der Waals surface area contributed by atoms with Crippen molar-refractivity contribution >= 4 is 5.91 Å². The maximum absolute atomic E-state index is 12.1. The predicted octanol–water partition coefficient (Wildman–Crippen LogP) is 1.10. The van der Waals surface area contributed by atoms with Gasteiger partial charge in [0.1, 0.15) is 0 Å². The van der Waals surface area contributed by atoms with Gasteiger partial charge in [-0.25, -0.2) is 0 Å². The minimum Gasteiger partial charge on any atom is -0.392 e. The van der Waals surface area contributed by atoms with E-state index in [2.05, 4.69) is 0 Å². The van der Waals surface area contributed by atoms with E-state index in [9.17, 15) is 9.90 Å². The Kier molecular flexibility index (Phi) is 4.93. The molecule has 19 heavy (non-hydrogen) atoms. The molecule has 104 valence electrons. The number of aliphatic hydroxyl groups is 1. The van der Waals surface area contributed by atoms with Gasteiger partial charge in [-0.3, -0.25) is 9.69 Å². The van der Waals surface area contributed by atoms with E-state index < -0.39 is 0 Å². The minimum absolute atomic E-state index is 0.109. The maximum Gasteiger partial charge on any atom is 0.236 e. The molecule has 1 atom stereocenters. The average molecular weight is 262 g/mol. The Morgan fingerprint density at radius 3 is 2.84 bits per heavy atom. The Bertz CT molecular complexity index is 408. The number of nitrogens with zero attached hydrogens (tertiary/aromatic N) is 2. The van der Waals surface area contributed by atoms with Crippen LogP contribution in [0.25, 0.3) is 0 Å². The molecule has 0 radical (unpaired) electrons. The van der Waals surface area contributed by atoms with Gasteiger partial charge in [-0.05, 0) is 24.9 Å². The molecule has 1 aliphatic rings. The number of benzene rings is 1. The summed E-state index contributed by atoms with van der Waals surface area (Å²) >= 11 is 0. The van der Waals surface area contributed by atoms with E-state index in [0.717, 1.165) is 24.9 Å². The smallest absolute Gasteiger partial charge is 0.236 e. The molecule has 2 rings (SSSR count). The molecule has 1 saturated heterocycles. The highest BCUT2D eigenvalue weighted by Gasteiger charge is 2.21. The van der Waals surface area contributed by atoms with Crippen molar-refractivity contribution < 1.29 is 9.90 Å². The number of carbonyl (C=O) groups is 1. The Labute approximate surface area is 114 Å². The molecule has 1 amide bonds. The van der Waals surface area contributed by atoms with Crippen molar-refractivity contribution in [2.45, 2.75) is 25.5 Å². The molecule has 4 nitrogen and oxygen atoms in total. The first-order valence-corrected chi connectivity index (χ1v) is 6.83. The van der Waals surface area contributed by atoms with E-state index in [1.807, 2.05) is 42.3 Å². The zero-order valence-corrected chi connectivity index (χ0v) is 11.5. The average Bonchev–Trinajstić information content (AvgIpc) is 2.40. The quantitative estimate of drug-likeness (QED) is 0.884.